The molecule has 0 bridgehead atoms. The predicted octanol–water partition coefficient (Wildman–Crippen LogP) is 3.84. The van der Waals surface area contributed by atoms with Crippen molar-refractivity contribution in [3.8, 4) is 6.07 Å². The summed E-state index contributed by atoms with van der Waals surface area (Å²) in [5.74, 6) is 0. The number of H-pyrrole nitrogens is 1. The minimum atomic E-state index is -0.241. The Bertz CT molecular complexity index is 860. The predicted molar refractivity (Wildman–Crippen MR) is 89.7 cm³/mol. The fourth-order valence-corrected chi connectivity index (χ4v) is 3.38. The van der Waals surface area contributed by atoms with Gasteiger partial charge in [0, 0.05) is 23.1 Å². The number of allylic oxidation sites excluding steroid dienone is 1. The number of fused-ring (bicyclic) bond motifs is 1. The minimum absolute atomic E-state index is 0.241. The summed E-state index contributed by atoms with van der Waals surface area (Å²) in [6, 6.07) is 23.1. The topological polar surface area (TPSA) is 52.5 Å². The summed E-state index contributed by atoms with van der Waals surface area (Å²) < 4.78 is 0. The highest BCUT2D eigenvalue weighted by molar-refractivity contribution is 5.66. The second-order valence-electron chi connectivity index (χ2n) is 5.79. The van der Waals surface area contributed by atoms with Crippen LogP contribution in [0, 0.1) is 11.3 Å². The third-order valence-corrected chi connectivity index (χ3v) is 4.56. The Morgan fingerprint density at radius 3 is 2.13 bits per heavy atom. The third-order valence-electron chi connectivity index (χ3n) is 4.56. The average Bonchev–Trinajstić information content (AvgIpc) is 3.05. The van der Waals surface area contributed by atoms with Gasteiger partial charge in [-0.15, -0.1) is 0 Å². The van der Waals surface area contributed by atoms with Gasteiger partial charge in [-0.1, -0.05) is 72.8 Å². The van der Waals surface area contributed by atoms with Gasteiger partial charge >= 0.3 is 0 Å². The lowest BCUT2D eigenvalue weighted by molar-refractivity contribution is 0.620. The number of nitrogens with zero attached hydrogens (tertiary/aromatic N) is 2. The van der Waals surface area contributed by atoms with Gasteiger partial charge in [0.15, 0.2) is 5.69 Å². The first-order valence-electron chi connectivity index (χ1n) is 7.61. The molecular formula is C20H15N3. The minimum Gasteiger partial charge on any atom is -0.281 e. The van der Waals surface area contributed by atoms with E-state index in [1.807, 2.05) is 18.2 Å². The second-order valence-corrected chi connectivity index (χ2v) is 5.79. The monoisotopic (exact) mass is 297 g/mol. The van der Waals surface area contributed by atoms with Gasteiger partial charge in [-0.25, -0.2) is 0 Å². The van der Waals surface area contributed by atoms with Gasteiger partial charge in [-0.2, -0.15) is 10.4 Å². The quantitative estimate of drug-likeness (QED) is 0.781. The highest BCUT2D eigenvalue weighted by atomic mass is 15.1. The molecule has 0 spiro atoms. The molecule has 0 fully saturated rings. The molecule has 1 aliphatic rings. The van der Waals surface area contributed by atoms with E-state index in [1.54, 1.807) is 0 Å². The van der Waals surface area contributed by atoms with E-state index in [4.69, 9.17) is 0 Å². The van der Waals surface area contributed by atoms with Gasteiger partial charge in [-0.3, -0.25) is 5.10 Å². The van der Waals surface area contributed by atoms with E-state index in [1.165, 1.54) is 11.1 Å². The van der Waals surface area contributed by atoms with E-state index < -0.39 is 0 Å². The van der Waals surface area contributed by atoms with E-state index in [0.29, 0.717) is 5.69 Å². The molecule has 1 aromatic heterocycles. The lowest BCUT2D eigenvalue weighted by Gasteiger charge is -2.34. The van der Waals surface area contributed by atoms with Crippen LogP contribution in [0.5, 0.6) is 0 Å². The average molecular weight is 297 g/mol. The van der Waals surface area contributed by atoms with Crippen LogP contribution in [-0.4, -0.2) is 10.2 Å². The first-order valence-corrected chi connectivity index (χ1v) is 7.61. The highest BCUT2D eigenvalue weighted by Crippen LogP contribution is 2.41. The smallest absolute Gasteiger partial charge is 0.169 e. The molecule has 110 valence electrons. The maximum Gasteiger partial charge on any atom is 0.169 e. The van der Waals surface area contributed by atoms with E-state index in [0.717, 1.165) is 17.7 Å². The first kappa shape index (κ1) is 13.5. The fraction of sp³-hybridized carbons (Fsp3) is 0.100. The van der Waals surface area contributed by atoms with Gasteiger partial charge in [0.05, 0.1) is 0 Å². The summed E-state index contributed by atoms with van der Waals surface area (Å²) in [4.78, 5) is 0. The van der Waals surface area contributed by atoms with Crippen molar-refractivity contribution < 1.29 is 0 Å². The summed E-state index contributed by atoms with van der Waals surface area (Å²) in [6.45, 7) is 0. The van der Waals surface area contributed by atoms with Crippen molar-refractivity contribution >= 4 is 6.08 Å². The molecule has 0 aliphatic heterocycles. The van der Waals surface area contributed by atoms with Crippen LogP contribution < -0.4 is 0 Å². The van der Waals surface area contributed by atoms with Crippen molar-refractivity contribution in [2.24, 2.45) is 0 Å². The number of aromatic nitrogens is 2. The molecule has 1 aliphatic carbocycles. The van der Waals surface area contributed by atoms with Gasteiger partial charge in [0.1, 0.15) is 6.07 Å². The Morgan fingerprint density at radius 2 is 1.57 bits per heavy atom. The van der Waals surface area contributed by atoms with Gasteiger partial charge in [0.25, 0.3) is 0 Å². The summed E-state index contributed by atoms with van der Waals surface area (Å²) >= 11 is 0. The lowest BCUT2D eigenvalue weighted by Crippen LogP contribution is -2.30. The summed E-state index contributed by atoms with van der Waals surface area (Å²) in [6.07, 6.45) is 5.00. The largest absolute Gasteiger partial charge is 0.281 e. The number of rotatable bonds is 2. The second kappa shape index (κ2) is 5.26. The van der Waals surface area contributed by atoms with Crippen LogP contribution in [0.3, 0.4) is 0 Å². The Balaban J connectivity index is 1.92. The lowest BCUT2D eigenvalue weighted by atomic mass is 9.68. The van der Waals surface area contributed by atoms with Crippen molar-refractivity contribution in [2.75, 3.05) is 0 Å². The van der Waals surface area contributed by atoms with Crippen LogP contribution in [0.15, 0.2) is 66.7 Å². The zero-order valence-corrected chi connectivity index (χ0v) is 12.5. The SMILES string of the molecule is N#Cc1n[nH]c2c1C=CC(c1ccccc1)(c1ccccc1)C2. The van der Waals surface area contributed by atoms with Crippen molar-refractivity contribution in [3.05, 3.63) is 94.8 Å². The molecule has 2 aromatic carbocycles. The van der Waals surface area contributed by atoms with Crippen LogP contribution in [0.4, 0.5) is 0 Å². The zero-order valence-electron chi connectivity index (χ0n) is 12.5. The van der Waals surface area contributed by atoms with Crippen molar-refractivity contribution in [1.29, 1.82) is 5.26 Å². The van der Waals surface area contributed by atoms with E-state index in [9.17, 15) is 5.26 Å². The molecule has 3 heteroatoms. The Labute approximate surface area is 134 Å². The third kappa shape index (κ3) is 2.08. The Hall–Kier alpha value is -3.12. The molecule has 3 aromatic rings. The van der Waals surface area contributed by atoms with E-state index >= 15 is 0 Å². The maximum atomic E-state index is 9.18. The van der Waals surface area contributed by atoms with Crippen molar-refractivity contribution in [2.45, 2.75) is 11.8 Å². The summed E-state index contributed by atoms with van der Waals surface area (Å²) in [5, 5.41) is 16.4. The van der Waals surface area contributed by atoms with Gasteiger partial charge < -0.3 is 0 Å². The summed E-state index contributed by atoms with van der Waals surface area (Å²) in [7, 11) is 0. The highest BCUT2D eigenvalue weighted by Gasteiger charge is 2.36. The molecule has 0 atom stereocenters. The molecule has 0 saturated heterocycles. The number of aromatic amines is 1. The molecule has 4 rings (SSSR count). The van der Waals surface area contributed by atoms with Crippen LogP contribution in [0.25, 0.3) is 6.08 Å². The molecule has 0 saturated carbocycles. The van der Waals surface area contributed by atoms with Crippen LogP contribution in [0.1, 0.15) is 28.1 Å². The molecule has 23 heavy (non-hydrogen) atoms. The van der Waals surface area contributed by atoms with Gasteiger partial charge in [0.2, 0.25) is 0 Å². The van der Waals surface area contributed by atoms with Crippen molar-refractivity contribution in [3.63, 3.8) is 0 Å². The zero-order chi connectivity index (χ0) is 15.7. The number of nitrogens with one attached hydrogen (secondary N) is 1. The van der Waals surface area contributed by atoms with E-state index in [-0.39, 0.29) is 5.41 Å². The fourth-order valence-electron chi connectivity index (χ4n) is 3.38. The normalized spacial score (nSPS) is 14.9. The van der Waals surface area contributed by atoms with Crippen molar-refractivity contribution in [1.82, 2.24) is 10.2 Å². The molecule has 0 unspecified atom stereocenters. The first-order chi connectivity index (χ1) is 11.3. The molecule has 1 heterocycles. The number of nitriles is 1. The summed E-state index contributed by atoms with van der Waals surface area (Å²) in [5.41, 5.74) is 4.62. The Morgan fingerprint density at radius 1 is 0.957 bits per heavy atom. The number of hydrogen-bond donors (Lipinski definition) is 1. The van der Waals surface area contributed by atoms with Crippen LogP contribution in [-0.2, 0) is 11.8 Å². The number of hydrogen-bond acceptors (Lipinski definition) is 2. The van der Waals surface area contributed by atoms with Gasteiger partial charge in [-0.05, 0) is 11.1 Å². The van der Waals surface area contributed by atoms with E-state index in [2.05, 4.69) is 70.9 Å². The molecule has 0 radical (unpaired) electrons. The molecule has 0 amide bonds. The Kier molecular flexibility index (Phi) is 3.09. The standard InChI is InChI=1S/C20H15N3/c21-14-19-17-11-12-20(13-18(17)22-23-19,15-7-3-1-4-8-15)16-9-5-2-6-10-16/h1-12H,13H2,(H,22,23). The van der Waals surface area contributed by atoms with Crippen LogP contribution >= 0.6 is 0 Å². The van der Waals surface area contributed by atoms with Crippen LogP contribution in [0.2, 0.25) is 0 Å². The maximum absolute atomic E-state index is 9.18. The molecule has 3 nitrogen and oxygen atoms in total. The molecular weight excluding hydrogens is 282 g/mol. The number of benzene rings is 2. The molecule has 1 N–H and O–H groups in total.